The van der Waals surface area contributed by atoms with Gasteiger partial charge in [-0.05, 0) is 43.2 Å². The number of nitriles is 1. The Morgan fingerprint density at radius 3 is 2.83 bits per heavy atom. The van der Waals surface area contributed by atoms with E-state index in [9.17, 15) is 10.1 Å². The number of Topliss-reactive ketones (excluding diaryl/α,β-unsaturated/α-hetero) is 1. The van der Waals surface area contributed by atoms with E-state index in [0.717, 1.165) is 12.3 Å². The molecular formula is C15H16N2O. The summed E-state index contributed by atoms with van der Waals surface area (Å²) >= 11 is 0. The van der Waals surface area contributed by atoms with Crippen LogP contribution in [0.4, 0.5) is 0 Å². The van der Waals surface area contributed by atoms with Crippen LogP contribution in [0.15, 0.2) is 24.4 Å². The molecule has 0 amide bonds. The molecule has 0 aliphatic heterocycles. The van der Waals surface area contributed by atoms with Crippen LogP contribution in [0.5, 0.6) is 0 Å². The third-order valence-electron chi connectivity index (χ3n) is 4.50. The molecular weight excluding hydrogens is 224 g/mol. The third kappa shape index (κ3) is 1.82. The minimum absolute atomic E-state index is 0.100. The van der Waals surface area contributed by atoms with Crippen LogP contribution >= 0.6 is 0 Å². The highest BCUT2D eigenvalue weighted by atomic mass is 16.1. The van der Waals surface area contributed by atoms with E-state index in [1.54, 1.807) is 18.3 Å². The van der Waals surface area contributed by atoms with Crippen molar-refractivity contribution in [1.82, 2.24) is 4.98 Å². The molecule has 2 saturated carbocycles. The minimum atomic E-state index is -0.671. The summed E-state index contributed by atoms with van der Waals surface area (Å²) in [7, 11) is 0. The van der Waals surface area contributed by atoms with Gasteiger partial charge < -0.3 is 0 Å². The van der Waals surface area contributed by atoms with Gasteiger partial charge in [-0.15, -0.1) is 0 Å². The number of nitrogens with zero attached hydrogens (tertiary/aromatic N) is 2. The van der Waals surface area contributed by atoms with E-state index < -0.39 is 5.92 Å². The lowest BCUT2D eigenvalue weighted by atomic mass is 9.80. The number of carbonyl (C=O) groups is 1. The molecule has 2 fully saturated rings. The number of pyridine rings is 1. The average Bonchev–Trinajstić information content (AvgIpc) is 3.03. The maximum Gasteiger partial charge on any atom is 0.159 e. The van der Waals surface area contributed by atoms with Gasteiger partial charge in [-0.25, -0.2) is 0 Å². The summed E-state index contributed by atoms with van der Waals surface area (Å²) < 4.78 is 0. The van der Waals surface area contributed by atoms with E-state index in [2.05, 4.69) is 11.1 Å². The largest absolute Gasteiger partial charge is 0.297 e. The predicted molar refractivity (Wildman–Crippen MR) is 66.5 cm³/mol. The van der Waals surface area contributed by atoms with E-state index >= 15 is 0 Å². The van der Waals surface area contributed by atoms with E-state index in [1.165, 1.54) is 19.3 Å². The summed E-state index contributed by atoms with van der Waals surface area (Å²) in [6, 6.07) is 7.56. The minimum Gasteiger partial charge on any atom is -0.297 e. The van der Waals surface area contributed by atoms with Gasteiger partial charge in [-0.1, -0.05) is 12.5 Å². The fraction of sp³-hybridized carbons (Fsp3) is 0.533. The van der Waals surface area contributed by atoms with Crippen molar-refractivity contribution >= 4 is 5.78 Å². The van der Waals surface area contributed by atoms with Crippen LogP contribution in [-0.2, 0) is 4.79 Å². The van der Waals surface area contributed by atoms with Gasteiger partial charge in [0.1, 0.15) is 5.92 Å². The Bertz CT molecular complexity index is 491. The van der Waals surface area contributed by atoms with Crippen molar-refractivity contribution in [3.8, 4) is 6.07 Å². The van der Waals surface area contributed by atoms with E-state index in [-0.39, 0.29) is 11.7 Å². The van der Waals surface area contributed by atoms with Crippen molar-refractivity contribution in [2.45, 2.75) is 31.6 Å². The van der Waals surface area contributed by atoms with Gasteiger partial charge in [0.05, 0.1) is 11.8 Å². The number of hydrogen-bond acceptors (Lipinski definition) is 3. The fourth-order valence-electron chi connectivity index (χ4n) is 3.63. The van der Waals surface area contributed by atoms with Crippen LogP contribution in [0.3, 0.4) is 0 Å². The summed E-state index contributed by atoms with van der Waals surface area (Å²) in [6.45, 7) is 0. The molecule has 92 valence electrons. The maximum atomic E-state index is 12.5. The number of rotatable bonds is 3. The molecule has 4 unspecified atom stereocenters. The Hall–Kier alpha value is -1.69. The highest BCUT2D eigenvalue weighted by molar-refractivity contribution is 5.90. The lowest BCUT2D eigenvalue weighted by Crippen LogP contribution is -2.26. The van der Waals surface area contributed by atoms with Crippen molar-refractivity contribution in [1.29, 1.82) is 5.26 Å². The third-order valence-corrected chi connectivity index (χ3v) is 4.50. The molecule has 2 aliphatic rings. The second kappa shape index (κ2) is 4.53. The molecule has 0 saturated heterocycles. The van der Waals surface area contributed by atoms with Crippen LogP contribution in [0.1, 0.15) is 37.3 Å². The first kappa shape index (κ1) is 11.4. The number of aromatic nitrogens is 1. The Balaban J connectivity index is 1.81. The highest BCUT2D eigenvalue weighted by Gasteiger charge is 2.45. The molecule has 1 heterocycles. The van der Waals surface area contributed by atoms with E-state index in [4.69, 9.17) is 0 Å². The standard InChI is InChI=1S/C15H16N2O/c16-9-13(14-3-1-2-6-17-14)15(18)12-8-10-4-5-11(12)7-10/h1-3,6,10-13H,4-5,7-8H2. The van der Waals surface area contributed by atoms with Crippen molar-refractivity contribution in [2.24, 2.45) is 17.8 Å². The number of carbonyl (C=O) groups excluding carboxylic acids is 1. The van der Waals surface area contributed by atoms with Crippen molar-refractivity contribution in [3.05, 3.63) is 30.1 Å². The summed E-state index contributed by atoms with van der Waals surface area (Å²) in [5.74, 6) is 0.795. The maximum absolute atomic E-state index is 12.5. The quantitative estimate of drug-likeness (QED) is 0.816. The van der Waals surface area contributed by atoms with Gasteiger partial charge >= 0.3 is 0 Å². The molecule has 0 N–H and O–H groups in total. The highest BCUT2D eigenvalue weighted by Crippen LogP contribution is 2.49. The molecule has 18 heavy (non-hydrogen) atoms. The lowest BCUT2D eigenvalue weighted by Gasteiger charge is -2.22. The van der Waals surface area contributed by atoms with Crippen LogP contribution < -0.4 is 0 Å². The molecule has 3 heteroatoms. The summed E-state index contributed by atoms with van der Waals surface area (Å²) in [4.78, 5) is 16.7. The van der Waals surface area contributed by atoms with Crippen LogP contribution in [0, 0.1) is 29.1 Å². The topological polar surface area (TPSA) is 53.8 Å². The summed E-state index contributed by atoms with van der Waals surface area (Å²) in [5.41, 5.74) is 0.604. The van der Waals surface area contributed by atoms with Gasteiger partial charge in [0, 0.05) is 12.1 Å². The monoisotopic (exact) mass is 240 g/mol. The first-order chi connectivity index (χ1) is 8.79. The smallest absolute Gasteiger partial charge is 0.159 e. The molecule has 0 spiro atoms. The van der Waals surface area contributed by atoms with Gasteiger partial charge in [-0.3, -0.25) is 9.78 Å². The zero-order chi connectivity index (χ0) is 12.5. The van der Waals surface area contributed by atoms with Crippen LogP contribution in [0.2, 0.25) is 0 Å². The van der Waals surface area contributed by atoms with Crippen molar-refractivity contribution < 1.29 is 4.79 Å². The Labute approximate surface area is 107 Å². The molecule has 2 bridgehead atoms. The van der Waals surface area contributed by atoms with Crippen molar-refractivity contribution in [2.75, 3.05) is 0 Å². The lowest BCUT2D eigenvalue weighted by molar-refractivity contribution is -0.124. The zero-order valence-corrected chi connectivity index (χ0v) is 10.2. The zero-order valence-electron chi connectivity index (χ0n) is 10.2. The molecule has 2 aliphatic carbocycles. The fourth-order valence-corrected chi connectivity index (χ4v) is 3.63. The van der Waals surface area contributed by atoms with Gasteiger partial charge in [0.25, 0.3) is 0 Å². The van der Waals surface area contributed by atoms with E-state index in [1.807, 2.05) is 6.07 Å². The molecule has 0 radical (unpaired) electrons. The predicted octanol–water partition coefficient (Wildman–Crippen LogP) is 2.69. The van der Waals surface area contributed by atoms with Gasteiger partial charge in [0.15, 0.2) is 5.78 Å². The van der Waals surface area contributed by atoms with E-state index in [0.29, 0.717) is 11.6 Å². The summed E-state index contributed by atoms with van der Waals surface area (Å²) in [6.07, 6.45) is 6.27. The Morgan fingerprint density at radius 2 is 2.28 bits per heavy atom. The van der Waals surface area contributed by atoms with Crippen LogP contribution in [0.25, 0.3) is 0 Å². The number of hydrogen-bond donors (Lipinski definition) is 0. The Kier molecular flexibility index (Phi) is 2.87. The normalized spacial score (nSPS) is 30.9. The SMILES string of the molecule is N#CC(C(=O)C1CC2CCC1C2)c1ccccn1. The molecule has 0 aromatic carbocycles. The average molecular weight is 240 g/mol. The molecule has 4 atom stereocenters. The van der Waals surface area contributed by atoms with Crippen molar-refractivity contribution in [3.63, 3.8) is 0 Å². The first-order valence-corrected chi connectivity index (χ1v) is 6.64. The van der Waals surface area contributed by atoms with Crippen LogP contribution in [-0.4, -0.2) is 10.8 Å². The summed E-state index contributed by atoms with van der Waals surface area (Å²) in [5, 5.41) is 9.27. The van der Waals surface area contributed by atoms with Gasteiger partial charge in [0.2, 0.25) is 0 Å². The molecule has 3 nitrogen and oxygen atoms in total. The number of fused-ring (bicyclic) bond motifs is 2. The second-order valence-electron chi connectivity index (χ2n) is 5.50. The Morgan fingerprint density at radius 1 is 1.39 bits per heavy atom. The second-order valence-corrected chi connectivity index (χ2v) is 5.50. The molecule has 3 rings (SSSR count). The molecule has 1 aromatic rings. The van der Waals surface area contributed by atoms with Gasteiger partial charge in [-0.2, -0.15) is 5.26 Å². The number of ketones is 1. The first-order valence-electron chi connectivity index (χ1n) is 6.64. The molecule has 1 aromatic heterocycles.